The molecule has 0 unspecified atom stereocenters. The second kappa shape index (κ2) is 3.62. The van der Waals surface area contributed by atoms with Crippen LogP contribution < -0.4 is 0 Å². The Bertz CT molecular complexity index is 306. The minimum Gasteiger partial charge on any atom is -0.247 e. The third kappa shape index (κ3) is 1.87. The lowest BCUT2D eigenvalue weighted by molar-refractivity contribution is 0.599. The number of aromatic nitrogens is 1. The molecule has 2 nitrogen and oxygen atoms in total. The molecule has 11 heavy (non-hydrogen) atoms. The van der Waals surface area contributed by atoms with Crippen molar-refractivity contribution in [3.05, 3.63) is 27.3 Å². The summed E-state index contributed by atoms with van der Waals surface area (Å²) >= 11 is 1.79. The van der Waals surface area contributed by atoms with Crippen LogP contribution in [-0.4, -0.2) is 4.98 Å². The van der Waals surface area contributed by atoms with Gasteiger partial charge in [0.2, 0.25) is 0 Å². The molecule has 0 amide bonds. The van der Waals surface area contributed by atoms with Gasteiger partial charge in [0.15, 0.2) is 5.82 Å². The predicted molar refractivity (Wildman–Crippen MR) is 46.2 cm³/mol. The Morgan fingerprint density at radius 3 is 3.09 bits per heavy atom. The molecule has 1 aromatic rings. The fourth-order valence-corrected chi connectivity index (χ4v) is 1.18. The zero-order valence-electron chi connectivity index (χ0n) is 5.51. The Balaban J connectivity index is 3.08. The van der Waals surface area contributed by atoms with Gasteiger partial charge in [0.25, 0.3) is 0 Å². The molecule has 4 heteroatoms. The van der Waals surface area contributed by atoms with Crippen molar-refractivity contribution in [1.82, 2.24) is 4.98 Å². The van der Waals surface area contributed by atoms with Crippen LogP contribution in [-0.2, 0) is 6.42 Å². The lowest BCUT2D eigenvalue weighted by Crippen LogP contribution is -1.93. The highest BCUT2D eigenvalue weighted by atomic mass is 127. The number of nitriles is 1. The SMILES string of the molecule is N#CCc1ccnc(I)c1F. The molecule has 1 aromatic heterocycles. The van der Waals surface area contributed by atoms with Crippen molar-refractivity contribution in [3.8, 4) is 6.07 Å². The Hall–Kier alpha value is -0.700. The molecule has 56 valence electrons. The first kappa shape index (κ1) is 8.40. The van der Waals surface area contributed by atoms with E-state index in [1.165, 1.54) is 12.3 Å². The number of hydrogen-bond acceptors (Lipinski definition) is 2. The van der Waals surface area contributed by atoms with Crippen molar-refractivity contribution >= 4 is 22.6 Å². The minimum atomic E-state index is -0.380. The lowest BCUT2D eigenvalue weighted by atomic mass is 10.2. The van der Waals surface area contributed by atoms with Gasteiger partial charge in [-0.3, -0.25) is 0 Å². The van der Waals surface area contributed by atoms with Crippen molar-refractivity contribution in [2.75, 3.05) is 0 Å². The molecule has 0 aliphatic heterocycles. The Morgan fingerprint density at radius 2 is 2.45 bits per heavy atom. The zero-order chi connectivity index (χ0) is 8.27. The second-order valence-corrected chi connectivity index (χ2v) is 2.93. The molecule has 0 saturated heterocycles. The van der Waals surface area contributed by atoms with Gasteiger partial charge >= 0.3 is 0 Å². The first-order valence-corrected chi connectivity index (χ1v) is 3.99. The Labute approximate surface area is 77.2 Å². The summed E-state index contributed by atoms with van der Waals surface area (Å²) in [4.78, 5) is 3.72. The van der Waals surface area contributed by atoms with Crippen LogP contribution in [0.15, 0.2) is 12.3 Å². The van der Waals surface area contributed by atoms with Gasteiger partial charge in [-0.1, -0.05) is 0 Å². The van der Waals surface area contributed by atoms with E-state index in [2.05, 4.69) is 4.98 Å². The van der Waals surface area contributed by atoms with Crippen molar-refractivity contribution in [3.63, 3.8) is 0 Å². The fraction of sp³-hybridized carbons (Fsp3) is 0.143. The third-order valence-corrected chi connectivity index (χ3v) is 1.95. The van der Waals surface area contributed by atoms with Crippen LogP contribution in [0, 0.1) is 20.8 Å². The highest BCUT2D eigenvalue weighted by Gasteiger charge is 2.04. The predicted octanol–water partition coefficient (Wildman–Crippen LogP) is 1.89. The molecule has 0 N–H and O–H groups in total. The van der Waals surface area contributed by atoms with E-state index in [0.717, 1.165) is 0 Å². The van der Waals surface area contributed by atoms with Crippen LogP contribution in [0.3, 0.4) is 0 Å². The maximum Gasteiger partial charge on any atom is 0.159 e. The Kier molecular flexibility index (Phi) is 2.76. The molecule has 0 spiro atoms. The van der Waals surface area contributed by atoms with Crippen LogP contribution in [0.5, 0.6) is 0 Å². The van der Waals surface area contributed by atoms with E-state index < -0.39 is 0 Å². The summed E-state index contributed by atoms with van der Waals surface area (Å²) in [6.07, 6.45) is 1.60. The lowest BCUT2D eigenvalue weighted by Gasteiger charge is -1.97. The summed E-state index contributed by atoms with van der Waals surface area (Å²) in [5, 5.41) is 8.30. The number of halogens is 2. The fourth-order valence-electron chi connectivity index (χ4n) is 0.677. The molecule has 0 bridgehead atoms. The van der Waals surface area contributed by atoms with E-state index >= 15 is 0 Å². The molecule has 0 aromatic carbocycles. The van der Waals surface area contributed by atoms with Crippen LogP contribution in [0.4, 0.5) is 4.39 Å². The average molecular weight is 262 g/mol. The van der Waals surface area contributed by atoms with Crippen molar-refractivity contribution in [2.45, 2.75) is 6.42 Å². The Morgan fingerprint density at radius 1 is 1.73 bits per heavy atom. The van der Waals surface area contributed by atoms with Crippen molar-refractivity contribution in [1.29, 1.82) is 5.26 Å². The summed E-state index contributed by atoms with van der Waals surface area (Å²) in [5.41, 5.74) is 0.409. The van der Waals surface area contributed by atoms with Crippen LogP contribution in [0.25, 0.3) is 0 Å². The normalized spacial score (nSPS) is 9.18. The standard InChI is InChI=1S/C7H4FIN2/c8-6-5(1-3-10)2-4-11-7(6)9/h2,4H,1H2. The summed E-state index contributed by atoms with van der Waals surface area (Å²) < 4.78 is 13.3. The van der Waals surface area contributed by atoms with Crippen LogP contribution in [0.1, 0.15) is 5.56 Å². The maximum absolute atomic E-state index is 13.0. The highest BCUT2D eigenvalue weighted by Crippen LogP contribution is 2.12. The monoisotopic (exact) mass is 262 g/mol. The van der Waals surface area contributed by atoms with E-state index in [-0.39, 0.29) is 12.2 Å². The smallest absolute Gasteiger partial charge is 0.159 e. The highest BCUT2D eigenvalue weighted by molar-refractivity contribution is 14.1. The van der Waals surface area contributed by atoms with Crippen LogP contribution >= 0.6 is 22.6 Å². The van der Waals surface area contributed by atoms with Gasteiger partial charge in [-0.15, -0.1) is 0 Å². The largest absolute Gasteiger partial charge is 0.247 e. The maximum atomic E-state index is 13.0. The number of nitrogens with zero attached hydrogens (tertiary/aromatic N) is 2. The minimum absolute atomic E-state index is 0.102. The summed E-state index contributed by atoms with van der Waals surface area (Å²) in [7, 11) is 0. The molecular weight excluding hydrogens is 258 g/mol. The van der Waals surface area contributed by atoms with E-state index in [0.29, 0.717) is 9.26 Å². The molecular formula is C7H4FIN2. The first-order valence-electron chi connectivity index (χ1n) is 2.91. The number of rotatable bonds is 1. The van der Waals surface area contributed by atoms with Gasteiger partial charge in [0.05, 0.1) is 12.5 Å². The summed E-state index contributed by atoms with van der Waals surface area (Å²) in [6, 6.07) is 3.40. The molecule has 1 heterocycles. The van der Waals surface area contributed by atoms with Gasteiger partial charge in [0, 0.05) is 11.8 Å². The number of hydrogen-bond donors (Lipinski definition) is 0. The van der Waals surface area contributed by atoms with Gasteiger partial charge in [-0.25, -0.2) is 9.37 Å². The molecule has 0 radical (unpaired) electrons. The summed E-state index contributed by atoms with van der Waals surface area (Å²) in [5.74, 6) is -0.380. The van der Waals surface area contributed by atoms with Gasteiger partial charge in [-0.05, 0) is 28.7 Å². The molecule has 0 aliphatic carbocycles. The molecule has 0 aliphatic rings. The molecule has 0 saturated carbocycles. The molecule has 1 rings (SSSR count). The topological polar surface area (TPSA) is 36.7 Å². The quantitative estimate of drug-likeness (QED) is 0.572. The summed E-state index contributed by atoms with van der Waals surface area (Å²) in [6.45, 7) is 0. The molecule has 0 atom stereocenters. The van der Waals surface area contributed by atoms with Crippen molar-refractivity contribution < 1.29 is 4.39 Å². The average Bonchev–Trinajstić information content (AvgIpc) is 1.99. The van der Waals surface area contributed by atoms with Gasteiger partial charge in [0.1, 0.15) is 3.70 Å². The zero-order valence-corrected chi connectivity index (χ0v) is 7.67. The third-order valence-electron chi connectivity index (χ3n) is 1.20. The van der Waals surface area contributed by atoms with E-state index in [9.17, 15) is 4.39 Å². The van der Waals surface area contributed by atoms with E-state index in [1.54, 1.807) is 22.6 Å². The van der Waals surface area contributed by atoms with Gasteiger partial charge < -0.3 is 0 Å². The van der Waals surface area contributed by atoms with Gasteiger partial charge in [-0.2, -0.15) is 5.26 Å². The van der Waals surface area contributed by atoms with Crippen LogP contribution in [0.2, 0.25) is 0 Å². The number of pyridine rings is 1. The van der Waals surface area contributed by atoms with E-state index in [1.807, 2.05) is 6.07 Å². The molecule has 0 fully saturated rings. The van der Waals surface area contributed by atoms with E-state index in [4.69, 9.17) is 5.26 Å². The van der Waals surface area contributed by atoms with Crippen molar-refractivity contribution in [2.24, 2.45) is 0 Å². The second-order valence-electron chi connectivity index (χ2n) is 1.91. The first-order chi connectivity index (χ1) is 5.25.